The Morgan fingerprint density at radius 1 is 1.00 bits per heavy atom. The molecule has 0 saturated carbocycles. The molecule has 0 spiro atoms. The molecule has 3 amide bonds. The Morgan fingerprint density at radius 3 is 2.36 bits per heavy atom. The molecule has 1 N–H and O–H groups in total. The van der Waals surface area contributed by atoms with E-state index in [9.17, 15) is 14.4 Å². The fraction of sp³-hybridized carbons (Fsp3) is 0.350. The molecule has 1 fully saturated rings. The first kappa shape index (κ1) is 18.1. The van der Waals surface area contributed by atoms with Gasteiger partial charge in [-0.3, -0.25) is 19.3 Å². The fourth-order valence-electron chi connectivity index (χ4n) is 3.50. The third-order valence-corrected chi connectivity index (χ3v) is 4.99. The molecule has 0 aliphatic carbocycles. The van der Waals surface area contributed by atoms with E-state index in [-0.39, 0.29) is 13.1 Å². The first-order valence-electron chi connectivity index (χ1n) is 9.42. The molecule has 8 nitrogen and oxygen atoms in total. The molecular weight excluding hydrogens is 358 g/mol. The Bertz CT molecular complexity index is 889. The zero-order valence-electron chi connectivity index (χ0n) is 15.4. The Hall–Kier alpha value is -3.29. The van der Waals surface area contributed by atoms with Gasteiger partial charge in [0.15, 0.2) is 0 Å². The quantitative estimate of drug-likeness (QED) is 0.789. The van der Waals surface area contributed by atoms with Crippen molar-refractivity contribution < 1.29 is 14.4 Å². The maximum absolute atomic E-state index is 12.3. The van der Waals surface area contributed by atoms with Crippen molar-refractivity contribution in [3.05, 3.63) is 53.3 Å². The van der Waals surface area contributed by atoms with Gasteiger partial charge in [-0.05, 0) is 37.5 Å². The number of nitrogens with zero attached hydrogens (tertiary/aromatic N) is 4. The summed E-state index contributed by atoms with van der Waals surface area (Å²) in [6, 6.07) is 8.33. The zero-order chi connectivity index (χ0) is 19.5. The summed E-state index contributed by atoms with van der Waals surface area (Å²) in [6.45, 7) is 1.78. The van der Waals surface area contributed by atoms with Crippen LogP contribution in [0.2, 0.25) is 0 Å². The summed E-state index contributed by atoms with van der Waals surface area (Å²) in [7, 11) is 0. The number of amides is 3. The van der Waals surface area contributed by atoms with Crippen molar-refractivity contribution >= 4 is 23.7 Å². The smallest absolute Gasteiger partial charge is 0.262 e. The number of hydrogen-bond acceptors (Lipinski definition) is 6. The highest BCUT2D eigenvalue weighted by Gasteiger charge is 2.36. The number of imide groups is 1. The molecule has 2 aromatic rings. The predicted octanol–water partition coefficient (Wildman–Crippen LogP) is 1.38. The topological polar surface area (TPSA) is 95.5 Å². The van der Waals surface area contributed by atoms with Crippen LogP contribution in [-0.4, -0.2) is 52.2 Å². The number of nitrogens with one attached hydrogen (secondary N) is 1. The van der Waals surface area contributed by atoms with Gasteiger partial charge in [0.25, 0.3) is 11.8 Å². The van der Waals surface area contributed by atoms with E-state index in [1.54, 1.807) is 36.5 Å². The monoisotopic (exact) mass is 379 g/mol. The van der Waals surface area contributed by atoms with Crippen LogP contribution < -0.4 is 10.2 Å². The Kier molecular flexibility index (Phi) is 5.01. The minimum Gasteiger partial charge on any atom is -0.349 e. The van der Waals surface area contributed by atoms with E-state index in [4.69, 9.17) is 0 Å². The van der Waals surface area contributed by atoms with E-state index in [2.05, 4.69) is 20.2 Å². The van der Waals surface area contributed by atoms with Crippen LogP contribution in [-0.2, 0) is 11.3 Å². The Labute approximate surface area is 162 Å². The number of hydrogen-bond donors (Lipinski definition) is 1. The van der Waals surface area contributed by atoms with Gasteiger partial charge in [-0.1, -0.05) is 12.1 Å². The molecule has 2 aliphatic rings. The third-order valence-electron chi connectivity index (χ3n) is 4.99. The summed E-state index contributed by atoms with van der Waals surface area (Å²) in [4.78, 5) is 48.9. The average Bonchev–Trinajstić information content (AvgIpc) is 2.98. The molecule has 4 rings (SSSR count). The molecule has 144 valence electrons. The largest absolute Gasteiger partial charge is 0.349 e. The summed E-state index contributed by atoms with van der Waals surface area (Å²) >= 11 is 0. The van der Waals surface area contributed by atoms with Gasteiger partial charge in [-0.15, -0.1) is 0 Å². The van der Waals surface area contributed by atoms with Crippen LogP contribution in [0.1, 0.15) is 45.7 Å². The van der Waals surface area contributed by atoms with E-state index >= 15 is 0 Å². The number of benzene rings is 1. The molecule has 0 bridgehead atoms. The van der Waals surface area contributed by atoms with Gasteiger partial charge in [0.05, 0.1) is 23.4 Å². The minimum absolute atomic E-state index is 0.214. The van der Waals surface area contributed by atoms with E-state index in [1.165, 1.54) is 6.42 Å². The van der Waals surface area contributed by atoms with E-state index in [0.717, 1.165) is 30.8 Å². The normalized spacial score (nSPS) is 16.3. The van der Waals surface area contributed by atoms with Gasteiger partial charge < -0.3 is 10.2 Å². The lowest BCUT2D eigenvalue weighted by molar-refractivity contribution is -0.121. The molecule has 28 heavy (non-hydrogen) atoms. The number of carbonyl (C=O) groups excluding carboxylic acids is 3. The van der Waals surface area contributed by atoms with Crippen LogP contribution >= 0.6 is 0 Å². The van der Waals surface area contributed by atoms with Gasteiger partial charge in [-0.25, -0.2) is 9.97 Å². The van der Waals surface area contributed by atoms with E-state index in [1.807, 2.05) is 0 Å². The summed E-state index contributed by atoms with van der Waals surface area (Å²) in [5, 5.41) is 2.73. The Balaban J connectivity index is 1.35. The molecule has 2 aliphatic heterocycles. The number of anilines is 1. The number of carbonyl (C=O) groups is 3. The lowest BCUT2D eigenvalue weighted by Crippen LogP contribution is -2.40. The number of piperidine rings is 1. The van der Waals surface area contributed by atoms with Crippen molar-refractivity contribution in [1.82, 2.24) is 20.2 Å². The second kappa shape index (κ2) is 7.75. The minimum atomic E-state index is -0.440. The van der Waals surface area contributed by atoms with Gasteiger partial charge in [0.1, 0.15) is 6.54 Å². The molecule has 3 heterocycles. The molecule has 1 saturated heterocycles. The molecule has 1 aromatic heterocycles. The lowest BCUT2D eigenvalue weighted by Gasteiger charge is -2.26. The predicted molar refractivity (Wildman–Crippen MR) is 102 cm³/mol. The van der Waals surface area contributed by atoms with Crippen LogP contribution in [0, 0.1) is 0 Å². The highest BCUT2D eigenvalue weighted by Crippen LogP contribution is 2.22. The van der Waals surface area contributed by atoms with Crippen molar-refractivity contribution in [3.63, 3.8) is 0 Å². The van der Waals surface area contributed by atoms with Crippen molar-refractivity contribution in [3.8, 4) is 0 Å². The van der Waals surface area contributed by atoms with Crippen molar-refractivity contribution in [2.45, 2.75) is 25.8 Å². The van der Waals surface area contributed by atoms with Gasteiger partial charge >= 0.3 is 0 Å². The molecular formula is C20H21N5O3. The van der Waals surface area contributed by atoms with Crippen LogP contribution in [0.5, 0.6) is 0 Å². The second-order valence-corrected chi connectivity index (χ2v) is 6.91. The van der Waals surface area contributed by atoms with E-state index < -0.39 is 17.7 Å². The summed E-state index contributed by atoms with van der Waals surface area (Å²) in [5.41, 5.74) is 1.36. The lowest BCUT2D eigenvalue weighted by atomic mass is 10.1. The zero-order valence-corrected chi connectivity index (χ0v) is 15.4. The molecule has 0 atom stereocenters. The maximum atomic E-state index is 12.3. The average molecular weight is 379 g/mol. The maximum Gasteiger partial charge on any atom is 0.262 e. The molecule has 0 radical (unpaired) electrons. The van der Waals surface area contributed by atoms with Crippen LogP contribution in [0.4, 0.5) is 5.95 Å². The SMILES string of the molecule is O=C(CN1C(=O)c2ccccc2C1=O)NCc1ccnc(N2CCCCC2)n1. The fourth-order valence-corrected chi connectivity index (χ4v) is 3.50. The van der Waals surface area contributed by atoms with Crippen LogP contribution in [0.25, 0.3) is 0 Å². The first-order chi connectivity index (χ1) is 13.6. The molecule has 1 aromatic carbocycles. The van der Waals surface area contributed by atoms with Crippen LogP contribution in [0.15, 0.2) is 36.5 Å². The van der Waals surface area contributed by atoms with Crippen LogP contribution in [0.3, 0.4) is 0 Å². The highest BCUT2D eigenvalue weighted by atomic mass is 16.2. The third kappa shape index (κ3) is 3.58. The summed E-state index contributed by atoms with van der Waals surface area (Å²) in [6.07, 6.45) is 5.17. The van der Waals surface area contributed by atoms with Gasteiger partial charge in [0.2, 0.25) is 11.9 Å². The van der Waals surface area contributed by atoms with Gasteiger partial charge in [0, 0.05) is 19.3 Å². The number of aromatic nitrogens is 2. The van der Waals surface area contributed by atoms with Crippen molar-refractivity contribution in [2.75, 3.05) is 24.5 Å². The molecule has 0 unspecified atom stereocenters. The first-order valence-corrected chi connectivity index (χ1v) is 9.42. The molecule has 8 heteroatoms. The summed E-state index contributed by atoms with van der Waals surface area (Å²) in [5.74, 6) is -0.616. The summed E-state index contributed by atoms with van der Waals surface area (Å²) < 4.78 is 0. The number of fused-ring (bicyclic) bond motifs is 1. The number of rotatable bonds is 5. The standard InChI is InChI=1S/C20H21N5O3/c26-17(13-25-18(27)15-6-2-3-7-16(15)19(25)28)22-12-14-8-9-21-20(23-14)24-10-4-1-5-11-24/h2-3,6-9H,1,4-5,10-13H2,(H,22,26). The van der Waals surface area contributed by atoms with Gasteiger partial charge in [-0.2, -0.15) is 0 Å². The highest BCUT2D eigenvalue weighted by molar-refractivity contribution is 6.22. The Morgan fingerprint density at radius 2 is 1.68 bits per heavy atom. The van der Waals surface area contributed by atoms with E-state index in [0.29, 0.717) is 22.8 Å². The second-order valence-electron chi connectivity index (χ2n) is 6.91. The van der Waals surface area contributed by atoms with Crippen molar-refractivity contribution in [1.29, 1.82) is 0 Å². The van der Waals surface area contributed by atoms with Crippen molar-refractivity contribution in [2.24, 2.45) is 0 Å².